The van der Waals surface area contributed by atoms with E-state index in [1.165, 1.54) is 0 Å². The summed E-state index contributed by atoms with van der Waals surface area (Å²) in [6.07, 6.45) is 1.16. The maximum Gasteiger partial charge on any atom is 0.138 e. The molecule has 120 valence electrons. The van der Waals surface area contributed by atoms with Gasteiger partial charge in [-0.15, -0.1) is 0 Å². The summed E-state index contributed by atoms with van der Waals surface area (Å²) in [5, 5.41) is 3.40. The Morgan fingerprint density at radius 3 is 2.43 bits per heavy atom. The van der Waals surface area contributed by atoms with Crippen LogP contribution in [0.25, 0.3) is 0 Å². The van der Waals surface area contributed by atoms with Gasteiger partial charge in [-0.2, -0.15) is 0 Å². The van der Waals surface area contributed by atoms with Crippen molar-refractivity contribution in [2.75, 3.05) is 31.2 Å². The molecule has 21 heavy (non-hydrogen) atoms. The number of aromatic nitrogens is 2. The summed E-state index contributed by atoms with van der Waals surface area (Å²) in [4.78, 5) is 11.4. The lowest BCUT2D eigenvalue weighted by Gasteiger charge is -2.24. The van der Waals surface area contributed by atoms with Gasteiger partial charge in [-0.3, -0.25) is 0 Å². The molecular weight excluding hydrogens is 262 g/mol. The van der Waals surface area contributed by atoms with Crippen LogP contribution < -0.4 is 11.1 Å². The first-order chi connectivity index (χ1) is 9.66. The first-order valence-corrected chi connectivity index (χ1v) is 7.75. The number of nitrogen functional groups attached to an aromatic ring is 1. The predicted molar refractivity (Wildman–Crippen MR) is 90.8 cm³/mol. The fraction of sp³-hybridized carbons (Fsp3) is 0.750. The summed E-state index contributed by atoms with van der Waals surface area (Å²) in [7, 11) is 2.15. The highest BCUT2D eigenvalue weighted by atomic mass is 15.1. The lowest BCUT2D eigenvalue weighted by molar-refractivity contribution is 0.261. The Morgan fingerprint density at radius 1 is 1.29 bits per heavy atom. The molecule has 0 radical (unpaired) electrons. The van der Waals surface area contributed by atoms with Gasteiger partial charge in [-0.05, 0) is 27.3 Å². The minimum Gasteiger partial charge on any atom is -0.383 e. The molecule has 5 nitrogen and oxygen atoms in total. The number of rotatable bonds is 6. The SMILES string of the molecule is CCC(C)N(C)CCNc1nc(C(C)(C)C)nc(N)c1C. The molecular formula is C16H31N5. The number of nitrogens with zero attached hydrogens (tertiary/aromatic N) is 3. The zero-order chi connectivity index (χ0) is 16.2. The molecule has 0 aliphatic heterocycles. The largest absolute Gasteiger partial charge is 0.383 e. The Kier molecular flexibility index (Phi) is 5.96. The van der Waals surface area contributed by atoms with Gasteiger partial charge < -0.3 is 16.0 Å². The Hall–Kier alpha value is -1.36. The molecule has 0 spiro atoms. The Bertz CT molecular complexity index is 464. The number of nitrogens with one attached hydrogen (secondary N) is 1. The van der Waals surface area contributed by atoms with Crippen molar-refractivity contribution in [3.8, 4) is 0 Å². The fourth-order valence-corrected chi connectivity index (χ4v) is 1.92. The second-order valence-electron chi connectivity index (χ2n) is 6.82. The van der Waals surface area contributed by atoms with Crippen LogP contribution >= 0.6 is 0 Å². The van der Waals surface area contributed by atoms with Crippen LogP contribution in [-0.2, 0) is 5.41 Å². The van der Waals surface area contributed by atoms with E-state index in [0.29, 0.717) is 11.9 Å². The van der Waals surface area contributed by atoms with Crippen LogP contribution in [0.3, 0.4) is 0 Å². The van der Waals surface area contributed by atoms with E-state index >= 15 is 0 Å². The topological polar surface area (TPSA) is 67.1 Å². The van der Waals surface area contributed by atoms with Gasteiger partial charge in [-0.1, -0.05) is 27.7 Å². The van der Waals surface area contributed by atoms with Gasteiger partial charge in [0, 0.05) is 30.1 Å². The number of hydrogen-bond donors (Lipinski definition) is 2. The third kappa shape index (κ3) is 4.84. The second kappa shape index (κ2) is 7.07. The van der Waals surface area contributed by atoms with Crippen molar-refractivity contribution in [2.45, 2.75) is 59.4 Å². The third-order valence-corrected chi connectivity index (χ3v) is 3.95. The molecule has 1 heterocycles. The van der Waals surface area contributed by atoms with Crippen LogP contribution in [0.1, 0.15) is 52.4 Å². The van der Waals surface area contributed by atoms with E-state index in [2.05, 4.69) is 61.9 Å². The van der Waals surface area contributed by atoms with E-state index in [0.717, 1.165) is 36.7 Å². The first kappa shape index (κ1) is 17.7. The number of anilines is 2. The molecule has 3 N–H and O–H groups in total. The Labute approximate surface area is 129 Å². The maximum absolute atomic E-state index is 6.02. The van der Waals surface area contributed by atoms with Crippen LogP contribution in [-0.4, -0.2) is 41.0 Å². The molecule has 1 atom stereocenters. The Morgan fingerprint density at radius 2 is 1.90 bits per heavy atom. The zero-order valence-electron chi connectivity index (χ0n) is 14.6. The minimum absolute atomic E-state index is 0.105. The Balaban J connectivity index is 2.77. The van der Waals surface area contributed by atoms with Crippen LogP contribution in [0, 0.1) is 6.92 Å². The van der Waals surface area contributed by atoms with Crippen LogP contribution in [0.5, 0.6) is 0 Å². The zero-order valence-corrected chi connectivity index (χ0v) is 14.6. The molecule has 0 amide bonds. The van der Waals surface area contributed by atoms with Crippen LogP contribution in [0.4, 0.5) is 11.6 Å². The second-order valence-corrected chi connectivity index (χ2v) is 6.82. The molecule has 1 aromatic rings. The molecule has 0 aliphatic carbocycles. The number of hydrogen-bond acceptors (Lipinski definition) is 5. The molecule has 0 saturated carbocycles. The van der Waals surface area contributed by atoms with Crippen molar-refractivity contribution < 1.29 is 0 Å². The summed E-state index contributed by atoms with van der Waals surface area (Å²) >= 11 is 0. The van der Waals surface area contributed by atoms with Gasteiger partial charge in [0.1, 0.15) is 17.5 Å². The predicted octanol–water partition coefficient (Wildman–Crippen LogP) is 2.81. The van der Waals surface area contributed by atoms with Gasteiger partial charge in [0.25, 0.3) is 0 Å². The molecule has 0 aromatic carbocycles. The molecule has 1 aromatic heterocycles. The standard InChI is InChI=1S/C16H31N5/c1-8-11(2)21(7)10-9-18-14-12(3)13(17)19-15(20-14)16(4,5)6/h11H,8-10H2,1-7H3,(H3,17,18,19,20). The van der Waals surface area contributed by atoms with Gasteiger partial charge in [0.2, 0.25) is 0 Å². The van der Waals surface area contributed by atoms with Gasteiger partial charge in [0.05, 0.1) is 0 Å². The van der Waals surface area contributed by atoms with Crippen molar-refractivity contribution in [1.82, 2.24) is 14.9 Å². The van der Waals surface area contributed by atoms with Crippen molar-refractivity contribution in [3.05, 3.63) is 11.4 Å². The minimum atomic E-state index is -0.105. The van der Waals surface area contributed by atoms with Crippen LogP contribution in [0.15, 0.2) is 0 Å². The number of nitrogens with two attached hydrogens (primary N) is 1. The molecule has 0 aliphatic rings. The van der Waals surface area contributed by atoms with Crippen molar-refractivity contribution in [1.29, 1.82) is 0 Å². The molecule has 1 unspecified atom stereocenters. The fourth-order valence-electron chi connectivity index (χ4n) is 1.92. The van der Waals surface area contributed by atoms with E-state index in [1.807, 2.05) is 6.92 Å². The lowest BCUT2D eigenvalue weighted by atomic mass is 9.95. The summed E-state index contributed by atoms with van der Waals surface area (Å²) < 4.78 is 0. The van der Waals surface area contributed by atoms with Crippen molar-refractivity contribution >= 4 is 11.6 Å². The normalized spacial score (nSPS) is 13.5. The highest BCUT2D eigenvalue weighted by molar-refractivity contribution is 5.55. The van der Waals surface area contributed by atoms with E-state index in [-0.39, 0.29) is 5.41 Å². The van der Waals surface area contributed by atoms with E-state index < -0.39 is 0 Å². The monoisotopic (exact) mass is 293 g/mol. The summed E-state index contributed by atoms with van der Waals surface area (Å²) in [6.45, 7) is 14.5. The molecule has 1 rings (SSSR count). The third-order valence-electron chi connectivity index (χ3n) is 3.95. The average molecular weight is 293 g/mol. The van der Waals surface area contributed by atoms with Gasteiger partial charge >= 0.3 is 0 Å². The van der Waals surface area contributed by atoms with Crippen molar-refractivity contribution in [2.24, 2.45) is 0 Å². The van der Waals surface area contributed by atoms with Gasteiger partial charge in [0.15, 0.2) is 0 Å². The highest BCUT2D eigenvalue weighted by Crippen LogP contribution is 2.24. The summed E-state index contributed by atoms with van der Waals surface area (Å²) in [5.74, 6) is 2.20. The summed E-state index contributed by atoms with van der Waals surface area (Å²) in [6, 6.07) is 0.591. The van der Waals surface area contributed by atoms with Gasteiger partial charge in [-0.25, -0.2) is 9.97 Å². The lowest BCUT2D eigenvalue weighted by Crippen LogP contribution is -2.33. The van der Waals surface area contributed by atoms with E-state index in [9.17, 15) is 0 Å². The van der Waals surface area contributed by atoms with Crippen molar-refractivity contribution in [3.63, 3.8) is 0 Å². The van der Waals surface area contributed by atoms with E-state index in [4.69, 9.17) is 5.73 Å². The number of likely N-dealkylation sites (N-methyl/N-ethyl adjacent to an activating group) is 1. The smallest absolute Gasteiger partial charge is 0.138 e. The van der Waals surface area contributed by atoms with E-state index in [1.54, 1.807) is 0 Å². The molecule has 5 heteroatoms. The average Bonchev–Trinajstić information content (AvgIpc) is 2.40. The molecule has 0 bridgehead atoms. The first-order valence-electron chi connectivity index (χ1n) is 7.75. The quantitative estimate of drug-likeness (QED) is 0.844. The molecule has 0 fully saturated rings. The summed E-state index contributed by atoms with van der Waals surface area (Å²) in [5.41, 5.74) is 6.84. The highest BCUT2D eigenvalue weighted by Gasteiger charge is 2.20. The van der Waals surface area contributed by atoms with Crippen LogP contribution in [0.2, 0.25) is 0 Å². The maximum atomic E-state index is 6.02. The molecule has 0 saturated heterocycles.